The van der Waals surface area contributed by atoms with Crippen molar-refractivity contribution >= 4 is 27.5 Å². The SMILES string of the molecule is NS(=O)(=O)c1ccc2c(c1)CCN2CCSc1ccccc1. The Balaban J connectivity index is 1.65. The summed E-state index contributed by atoms with van der Waals surface area (Å²) in [5.41, 5.74) is 2.19. The molecule has 2 N–H and O–H groups in total. The predicted octanol–water partition coefficient (Wildman–Crippen LogP) is 2.49. The summed E-state index contributed by atoms with van der Waals surface area (Å²) in [6.45, 7) is 1.88. The molecule has 0 radical (unpaired) electrons. The maximum Gasteiger partial charge on any atom is 0.238 e. The van der Waals surface area contributed by atoms with Crippen LogP contribution in [0.15, 0.2) is 58.3 Å². The third kappa shape index (κ3) is 3.45. The number of benzene rings is 2. The number of nitrogens with two attached hydrogens (primary N) is 1. The van der Waals surface area contributed by atoms with Gasteiger partial charge in [0.1, 0.15) is 0 Å². The Morgan fingerprint density at radius 3 is 2.64 bits per heavy atom. The summed E-state index contributed by atoms with van der Waals surface area (Å²) in [7, 11) is -3.62. The summed E-state index contributed by atoms with van der Waals surface area (Å²) in [6, 6.07) is 15.5. The molecule has 1 heterocycles. The normalized spacial score (nSPS) is 14.1. The van der Waals surface area contributed by atoms with Gasteiger partial charge < -0.3 is 4.90 Å². The van der Waals surface area contributed by atoms with Gasteiger partial charge in [-0.25, -0.2) is 13.6 Å². The smallest absolute Gasteiger partial charge is 0.238 e. The third-order valence-electron chi connectivity index (χ3n) is 3.74. The van der Waals surface area contributed by atoms with Gasteiger partial charge in [-0.15, -0.1) is 11.8 Å². The summed E-state index contributed by atoms with van der Waals surface area (Å²) in [5, 5.41) is 5.19. The zero-order valence-corrected chi connectivity index (χ0v) is 13.7. The van der Waals surface area contributed by atoms with Gasteiger partial charge in [0.2, 0.25) is 10.0 Å². The fourth-order valence-corrected chi connectivity index (χ4v) is 4.11. The number of primary sulfonamides is 1. The molecule has 1 aliphatic rings. The fourth-order valence-electron chi connectivity index (χ4n) is 2.65. The molecule has 0 fully saturated rings. The van der Waals surface area contributed by atoms with Crippen LogP contribution in [0.1, 0.15) is 5.56 Å². The van der Waals surface area contributed by atoms with E-state index >= 15 is 0 Å². The molecule has 0 unspecified atom stereocenters. The van der Waals surface area contributed by atoms with E-state index in [4.69, 9.17) is 5.14 Å². The van der Waals surface area contributed by atoms with Crippen LogP contribution in [0.4, 0.5) is 5.69 Å². The average Bonchev–Trinajstić information content (AvgIpc) is 2.90. The van der Waals surface area contributed by atoms with Crippen LogP contribution in [-0.4, -0.2) is 27.3 Å². The van der Waals surface area contributed by atoms with E-state index in [2.05, 4.69) is 17.0 Å². The van der Waals surface area contributed by atoms with E-state index in [1.807, 2.05) is 36.0 Å². The molecule has 0 aromatic heterocycles. The van der Waals surface area contributed by atoms with Crippen molar-refractivity contribution in [3.63, 3.8) is 0 Å². The highest BCUT2D eigenvalue weighted by molar-refractivity contribution is 7.99. The molecular formula is C16H18N2O2S2. The van der Waals surface area contributed by atoms with Gasteiger partial charge in [0.05, 0.1) is 4.90 Å². The molecule has 4 nitrogen and oxygen atoms in total. The first kappa shape index (κ1) is 15.4. The molecule has 0 amide bonds. The largest absolute Gasteiger partial charge is 0.370 e. The molecule has 0 bridgehead atoms. The highest BCUT2D eigenvalue weighted by atomic mass is 32.2. The van der Waals surface area contributed by atoms with Gasteiger partial charge in [-0.05, 0) is 42.3 Å². The minimum absolute atomic E-state index is 0.201. The monoisotopic (exact) mass is 334 g/mol. The van der Waals surface area contributed by atoms with Crippen LogP contribution in [0, 0.1) is 0 Å². The number of thioether (sulfide) groups is 1. The molecule has 0 spiro atoms. The molecular weight excluding hydrogens is 316 g/mol. The second kappa shape index (κ2) is 6.32. The summed E-state index contributed by atoms with van der Waals surface area (Å²) in [6.07, 6.45) is 0.870. The minimum atomic E-state index is -3.62. The molecule has 0 atom stereocenters. The summed E-state index contributed by atoms with van der Waals surface area (Å²) in [5.74, 6) is 1.00. The van der Waals surface area contributed by atoms with Crippen molar-refractivity contribution in [3.05, 3.63) is 54.1 Å². The second-order valence-electron chi connectivity index (χ2n) is 5.23. The lowest BCUT2D eigenvalue weighted by atomic mass is 10.2. The molecule has 2 aromatic rings. The highest BCUT2D eigenvalue weighted by Gasteiger charge is 2.20. The van der Waals surface area contributed by atoms with E-state index in [9.17, 15) is 8.42 Å². The summed E-state index contributed by atoms with van der Waals surface area (Å²) in [4.78, 5) is 3.77. The summed E-state index contributed by atoms with van der Waals surface area (Å²) < 4.78 is 22.8. The van der Waals surface area contributed by atoms with Crippen LogP contribution in [0.3, 0.4) is 0 Å². The number of sulfonamides is 1. The van der Waals surface area contributed by atoms with E-state index in [-0.39, 0.29) is 4.90 Å². The maximum absolute atomic E-state index is 11.4. The first-order valence-electron chi connectivity index (χ1n) is 7.12. The molecule has 22 heavy (non-hydrogen) atoms. The van der Waals surface area contributed by atoms with Crippen molar-refractivity contribution in [2.75, 3.05) is 23.7 Å². The first-order valence-corrected chi connectivity index (χ1v) is 9.66. The number of anilines is 1. The molecule has 1 aliphatic heterocycles. The highest BCUT2D eigenvalue weighted by Crippen LogP contribution is 2.30. The Kier molecular flexibility index (Phi) is 4.42. The van der Waals surface area contributed by atoms with E-state index in [0.29, 0.717) is 0 Å². The molecule has 116 valence electrons. The van der Waals surface area contributed by atoms with Crippen LogP contribution in [0.25, 0.3) is 0 Å². The fraction of sp³-hybridized carbons (Fsp3) is 0.250. The van der Waals surface area contributed by atoms with Gasteiger partial charge >= 0.3 is 0 Å². The van der Waals surface area contributed by atoms with E-state index < -0.39 is 10.0 Å². The van der Waals surface area contributed by atoms with Gasteiger partial charge in [0, 0.05) is 29.4 Å². The maximum atomic E-state index is 11.4. The van der Waals surface area contributed by atoms with Crippen molar-refractivity contribution in [1.29, 1.82) is 0 Å². The molecule has 2 aromatic carbocycles. The van der Waals surface area contributed by atoms with Crippen LogP contribution in [0.5, 0.6) is 0 Å². The quantitative estimate of drug-likeness (QED) is 0.853. The van der Waals surface area contributed by atoms with Crippen molar-refractivity contribution in [3.8, 4) is 0 Å². The molecule has 0 aliphatic carbocycles. The average molecular weight is 334 g/mol. The van der Waals surface area contributed by atoms with Crippen LogP contribution in [-0.2, 0) is 16.4 Å². The summed E-state index contributed by atoms with van der Waals surface area (Å²) >= 11 is 1.83. The van der Waals surface area contributed by atoms with E-state index in [0.717, 1.165) is 36.5 Å². The first-order chi connectivity index (χ1) is 10.5. The zero-order chi connectivity index (χ0) is 15.6. The number of hydrogen-bond donors (Lipinski definition) is 1. The lowest BCUT2D eigenvalue weighted by Crippen LogP contribution is -2.23. The molecule has 0 saturated carbocycles. The Labute approximate surface area is 135 Å². The standard InChI is InChI=1S/C16H18N2O2S2/c17-22(19,20)15-6-7-16-13(12-15)8-9-18(16)10-11-21-14-4-2-1-3-5-14/h1-7,12H,8-11H2,(H2,17,19,20). The third-order valence-corrected chi connectivity index (χ3v) is 5.65. The lowest BCUT2D eigenvalue weighted by Gasteiger charge is -2.19. The van der Waals surface area contributed by atoms with Gasteiger partial charge in [-0.1, -0.05) is 18.2 Å². The van der Waals surface area contributed by atoms with Gasteiger partial charge in [-0.3, -0.25) is 0 Å². The lowest BCUT2D eigenvalue weighted by molar-refractivity contribution is 0.597. The second-order valence-corrected chi connectivity index (χ2v) is 7.96. The Bertz CT molecular complexity index is 761. The minimum Gasteiger partial charge on any atom is -0.370 e. The van der Waals surface area contributed by atoms with Crippen molar-refractivity contribution in [2.45, 2.75) is 16.2 Å². The van der Waals surface area contributed by atoms with Crippen molar-refractivity contribution in [1.82, 2.24) is 0 Å². The Morgan fingerprint density at radius 1 is 1.14 bits per heavy atom. The van der Waals surface area contributed by atoms with Crippen molar-refractivity contribution in [2.24, 2.45) is 5.14 Å². The molecule has 3 rings (SSSR count). The van der Waals surface area contributed by atoms with Gasteiger partial charge in [-0.2, -0.15) is 0 Å². The number of fused-ring (bicyclic) bond motifs is 1. The number of hydrogen-bond acceptors (Lipinski definition) is 4. The van der Waals surface area contributed by atoms with Crippen LogP contribution < -0.4 is 10.0 Å². The number of nitrogens with zero attached hydrogens (tertiary/aromatic N) is 1. The topological polar surface area (TPSA) is 63.4 Å². The molecule has 6 heteroatoms. The van der Waals surface area contributed by atoms with Crippen LogP contribution >= 0.6 is 11.8 Å². The van der Waals surface area contributed by atoms with E-state index in [1.54, 1.807) is 12.1 Å². The van der Waals surface area contributed by atoms with Crippen LogP contribution in [0.2, 0.25) is 0 Å². The predicted molar refractivity (Wildman–Crippen MR) is 90.9 cm³/mol. The zero-order valence-electron chi connectivity index (χ0n) is 12.1. The molecule has 0 saturated heterocycles. The number of rotatable bonds is 5. The van der Waals surface area contributed by atoms with Gasteiger partial charge in [0.15, 0.2) is 0 Å². The van der Waals surface area contributed by atoms with Gasteiger partial charge in [0.25, 0.3) is 0 Å². The van der Waals surface area contributed by atoms with E-state index in [1.165, 1.54) is 4.90 Å². The Hall–Kier alpha value is -1.50. The van der Waals surface area contributed by atoms with Crippen molar-refractivity contribution < 1.29 is 8.42 Å². The Morgan fingerprint density at radius 2 is 1.91 bits per heavy atom.